The fourth-order valence-electron chi connectivity index (χ4n) is 4.99. The number of carbonyl (C=O) groups excluding carboxylic acids is 3. The highest BCUT2D eigenvalue weighted by Gasteiger charge is 2.50. The van der Waals surface area contributed by atoms with Gasteiger partial charge in [-0.2, -0.15) is 4.31 Å². The fraction of sp³-hybridized carbons (Fsp3) is 0.613. The van der Waals surface area contributed by atoms with Crippen molar-refractivity contribution in [1.82, 2.24) is 30.2 Å². The lowest BCUT2D eigenvalue weighted by Gasteiger charge is -2.30. The van der Waals surface area contributed by atoms with Crippen LogP contribution in [0.25, 0.3) is 11.2 Å². The number of nitrogens with one attached hydrogen (secondary N) is 2. The van der Waals surface area contributed by atoms with E-state index in [1.807, 2.05) is 19.9 Å². The van der Waals surface area contributed by atoms with Crippen molar-refractivity contribution in [2.45, 2.75) is 78.1 Å². The van der Waals surface area contributed by atoms with E-state index in [0.29, 0.717) is 23.7 Å². The minimum Gasteiger partial charge on any atom is -0.386 e. The van der Waals surface area contributed by atoms with Crippen LogP contribution in [-0.4, -0.2) is 123 Å². The maximum Gasteiger partial charge on any atom is 0.481 e. The van der Waals surface area contributed by atoms with Gasteiger partial charge in [-0.05, 0) is 24.8 Å². The Labute approximate surface area is 342 Å². The smallest absolute Gasteiger partial charge is 0.386 e. The van der Waals surface area contributed by atoms with Gasteiger partial charge in [0.25, 0.3) is 0 Å². The Kier molecular flexibility index (Phi) is 18.1. The molecule has 2 amide bonds. The van der Waals surface area contributed by atoms with E-state index in [9.17, 15) is 57.9 Å². The van der Waals surface area contributed by atoms with Gasteiger partial charge in [-0.25, -0.2) is 28.6 Å². The SMILES string of the molecule is C=C(C/C=C(\C)C(=O)SCCNC(=O)CCNC(=O)[C@H](O)C(C)(C)COP(=O)(O)OP(=O)(O)OC[C@H]1O[C@@H](n2cnc3c(N)ncnc32)[C@H](O)[C@@H]1OP(=O)(O)O)C(C)C. The lowest BCUT2D eigenvalue weighted by molar-refractivity contribution is -0.137. The van der Waals surface area contributed by atoms with Crippen molar-refractivity contribution in [3.8, 4) is 0 Å². The molecule has 1 saturated heterocycles. The summed E-state index contributed by atoms with van der Waals surface area (Å²) in [5.41, 5.74) is 5.84. The molecule has 2 aromatic heterocycles. The van der Waals surface area contributed by atoms with Gasteiger partial charge in [-0.1, -0.05) is 57.7 Å². The topological polar surface area (TPSA) is 364 Å². The molecule has 0 aliphatic carbocycles. The standard InChI is InChI=1S/C31H50N7O17P3S/c1-17(2)18(3)7-8-19(4)30(43)59-12-11-33-21(39)9-10-34-28(42)25(41)31(5,6)14-52-58(49,50)55-57(47,48)51-13-20-24(54-56(44,45)46)23(40)29(53-20)38-16-37-22-26(32)35-15-36-27(22)38/h8,15-17,20,23-25,29,40-41H,3,7,9-14H2,1-2,4-6H3,(H,33,39)(H,34,42)(H,47,48)(H,49,50)(H2,32,35,36)(H2,44,45,46)/b19-8+/t20-,23-,24-,25+,29-/m1/s1. The van der Waals surface area contributed by atoms with E-state index in [-0.39, 0.29) is 41.6 Å². The number of carbonyl (C=O) groups is 3. The van der Waals surface area contributed by atoms with Crippen molar-refractivity contribution in [2.24, 2.45) is 11.3 Å². The molecule has 0 aromatic carbocycles. The first-order valence-corrected chi connectivity index (χ1v) is 23.1. The van der Waals surface area contributed by atoms with Gasteiger partial charge in [0, 0.05) is 30.7 Å². The number of imidazole rings is 1. The highest BCUT2D eigenvalue weighted by Crippen LogP contribution is 2.61. The van der Waals surface area contributed by atoms with E-state index in [1.54, 1.807) is 6.92 Å². The van der Waals surface area contributed by atoms with E-state index in [2.05, 4.69) is 41.0 Å². The van der Waals surface area contributed by atoms with E-state index in [0.717, 1.165) is 34.6 Å². The van der Waals surface area contributed by atoms with E-state index in [1.165, 1.54) is 13.8 Å². The summed E-state index contributed by atoms with van der Waals surface area (Å²) in [6.45, 7) is 10.1. The first kappa shape index (κ1) is 50.4. The average Bonchev–Trinajstić information content (AvgIpc) is 3.69. The molecule has 10 N–H and O–H groups in total. The van der Waals surface area contributed by atoms with Crippen LogP contribution < -0.4 is 16.4 Å². The van der Waals surface area contributed by atoms with Gasteiger partial charge in [0.15, 0.2) is 17.7 Å². The number of ether oxygens (including phenoxy) is 1. The summed E-state index contributed by atoms with van der Waals surface area (Å²) in [5, 5.41) is 26.3. The number of anilines is 1. The van der Waals surface area contributed by atoms with Crippen LogP contribution in [-0.2, 0) is 50.7 Å². The zero-order valence-corrected chi connectivity index (χ0v) is 36.1. The highest BCUT2D eigenvalue weighted by molar-refractivity contribution is 8.14. The number of nitrogens with zero attached hydrogens (tertiary/aromatic N) is 4. The Bertz CT molecular complexity index is 2010. The second-order valence-corrected chi connectivity index (χ2v) is 19.4. The van der Waals surface area contributed by atoms with Crippen molar-refractivity contribution < 1.29 is 80.5 Å². The maximum atomic E-state index is 12.7. The summed E-state index contributed by atoms with van der Waals surface area (Å²) < 4.78 is 62.2. The van der Waals surface area contributed by atoms with Gasteiger partial charge in [-0.15, -0.1) is 0 Å². The number of aliphatic hydroxyl groups excluding tert-OH is 2. The molecule has 1 aliphatic rings. The maximum absolute atomic E-state index is 12.7. The summed E-state index contributed by atoms with van der Waals surface area (Å²) in [5.74, 6) is -0.868. The Morgan fingerprint density at radius 3 is 2.39 bits per heavy atom. The van der Waals surface area contributed by atoms with Crippen molar-refractivity contribution in [3.05, 3.63) is 36.5 Å². The molecule has 2 unspecified atom stereocenters. The molecule has 2 aromatic rings. The van der Waals surface area contributed by atoms with E-state index < -0.39 is 84.6 Å². The average molecular weight is 918 g/mol. The van der Waals surface area contributed by atoms with Gasteiger partial charge in [0.2, 0.25) is 16.9 Å². The second-order valence-electron chi connectivity index (χ2n) is 14.1. The minimum absolute atomic E-state index is 0.0288. The van der Waals surface area contributed by atoms with Crippen LogP contribution in [0.1, 0.15) is 53.7 Å². The molecular formula is C31H50N7O17P3S. The molecule has 24 nitrogen and oxygen atoms in total. The Balaban J connectivity index is 1.46. The molecule has 0 spiro atoms. The van der Waals surface area contributed by atoms with Crippen molar-refractivity contribution in [2.75, 3.05) is 37.8 Å². The van der Waals surface area contributed by atoms with Crippen LogP contribution in [0.2, 0.25) is 0 Å². The number of amides is 2. The third-order valence-corrected chi connectivity index (χ3v) is 12.6. The van der Waals surface area contributed by atoms with Crippen molar-refractivity contribution in [3.63, 3.8) is 0 Å². The van der Waals surface area contributed by atoms with E-state index in [4.69, 9.17) is 19.5 Å². The molecule has 3 heterocycles. The molecule has 1 aliphatic heterocycles. The molecule has 0 bridgehead atoms. The van der Waals surface area contributed by atoms with Crippen LogP contribution in [0.3, 0.4) is 0 Å². The first-order valence-electron chi connectivity index (χ1n) is 17.6. The number of nitrogens with two attached hydrogens (primary N) is 1. The summed E-state index contributed by atoms with van der Waals surface area (Å²) in [7, 11) is -16.4. The van der Waals surface area contributed by atoms with Crippen LogP contribution in [0.15, 0.2) is 36.5 Å². The molecule has 1 fully saturated rings. The molecule has 28 heteroatoms. The summed E-state index contributed by atoms with van der Waals surface area (Å²) >= 11 is 1.04. The zero-order chi connectivity index (χ0) is 44.5. The molecule has 0 saturated carbocycles. The van der Waals surface area contributed by atoms with Crippen LogP contribution >= 0.6 is 35.2 Å². The Morgan fingerprint density at radius 1 is 1.08 bits per heavy atom. The lowest BCUT2D eigenvalue weighted by atomic mass is 9.87. The molecule has 332 valence electrons. The normalized spacial score (nSPS) is 21.5. The monoisotopic (exact) mass is 917 g/mol. The molecule has 0 radical (unpaired) electrons. The lowest BCUT2D eigenvalue weighted by Crippen LogP contribution is -2.46. The molecular weight excluding hydrogens is 867 g/mol. The van der Waals surface area contributed by atoms with Crippen molar-refractivity contribution >= 4 is 69.1 Å². The van der Waals surface area contributed by atoms with E-state index >= 15 is 0 Å². The number of thioether (sulfide) groups is 1. The quantitative estimate of drug-likeness (QED) is 0.0327. The van der Waals surface area contributed by atoms with Crippen LogP contribution in [0.5, 0.6) is 0 Å². The number of nitrogen functional groups attached to an aromatic ring is 1. The molecule has 59 heavy (non-hydrogen) atoms. The van der Waals surface area contributed by atoms with Crippen molar-refractivity contribution in [1.29, 1.82) is 0 Å². The predicted molar refractivity (Wildman–Crippen MR) is 209 cm³/mol. The third-order valence-electron chi connectivity index (χ3n) is 8.54. The number of phosphoric ester groups is 3. The second kappa shape index (κ2) is 21.2. The largest absolute Gasteiger partial charge is 0.481 e. The number of aromatic nitrogens is 4. The van der Waals surface area contributed by atoms with Gasteiger partial charge in [-0.3, -0.25) is 32.5 Å². The van der Waals surface area contributed by atoms with Gasteiger partial charge in [0.05, 0.1) is 19.5 Å². The minimum atomic E-state index is -5.58. The Morgan fingerprint density at radius 2 is 1.75 bits per heavy atom. The number of rotatable bonds is 23. The molecule has 3 rings (SSSR count). The van der Waals surface area contributed by atoms with Crippen LogP contribution in [0.4, 0.5) is 5.82 Å². The fourth-order valence-corrected chi connectivity index (χ4v) is 8.52. The number of hydrogen-bond acceptors (Lipinski definition) is 18. The van der Waals surface area contributed by atoms with Gasteiger partial charge < -0.3 is 50.9 Å². The predicted octanol–water partition coefficient (Wildman–Crippen LogP) is 1.21. The van der Waals surface area contributed by atoms with Gasteiger partial charge in [0.1, 0.15) is 36.3 Å². The summed E-state index contributed by atoms with van der Waals surface area (Å²) in [4.78, 5) is 88.1. The first-order chi connectivity index (χ1) is 27.2. The third kappa shape index (κ3) is 15.5. The van der Waals surface area contributed by atoms with Gasteiger partial charge >= 0.3 is 23.5 Å². The zero-order valence-electron chi connectivity index (χ0n) is 32.6. The Hall–Kier alpha value is -2.96. The number of aliphatic hydroxyl groups is 2. The number of allylic oxidation sites excluding steroid dienone is 2. The number of phosphoric acid groups is 3. The number of fused-ring (bicyclic) bond motifs is 1. The van der Waals surface area contributed by atoms with Crippen LogP contribution in [0, 0.1) is 11.3 Å². The number of hydrogen-bond donors (Lipinski definition) is 9. The molecule has 7 atom stereocenters. The summed E-state index contributed by atoms with van der Waals surface area (Å²) in [6, 6.07) is 0. The summed E-state index contributed by atoms with van der Waals surface area (Å²) in [6.07, 6.45) is -4.54. The highest BCUT2D eigenvalue weighted by atomic mass is 32.2.